The first-order valence-electron chi connectivity index (χ1n) is 8.65. The molecule has 120 valence electrons. The average molecular weight is 306 g/mol. The molecule has 2 atom stereocenters. The van der Waals surface area contributed by atoms with E-state index in [0.29, 0.717) is 17.3 Å². The van der Waals surface area contributed by atoms with Crippen LogP contribution in [0.15, 0.2) is 36.4 Å². The van der Waals surface area contributed by atoms with Crippen molar-refractivity contribution >= 4 is 21.7 Å². The summed E-state index contributed by atoms with van der Waals surface area (Å²) in [6, 6.07) is 13.3. The Balaban J connectivity index is 1.99. The Hall–Kier alpha value is -1.80. The summed E-state index contributed by atoms with van der Waals surface area (Å²) in [4.78, 5) is 0. The lowest BCUT2D eigenvalue weighted by Crippen LogP contribution is -2.02. The molecule has 1 aliphatic carbocycles. The Morgan fingerprint density at radius 3 is 2.57 bits per heavy atom. The Kier molecular flexibility index (Phi) is 3.11. The standard InChI is InChI=1S/C21H26N2/c1-13-18(19-17(11-12-22)21(19,2)3)16-10-9-14-7-5-6-8-15(14)20(16)23(13)4/h5-10,17,19H,11-12,22H2,1-4H3/t17-,19+/m1/s1. The molecule has 2 heteroatoms. The molecule has 2 aromatic carbocycles. The van der Waals surface area contributed by atoms with E-state index in [2.05, 4.69) is 68.8 Å². The van der Waals surface area contributed by atoms with Crippen molar-refractivity contribution in [3.05, 3.63) is 47.7 Å². The van der Waals surface area contributed by atoms with Crippen LogP contribution in [0.1, 0.15) is 37.4 Å². The molecular weight excluding hydrogens is 280 g/mol. The van der Waals surface area contributed by atoms with Gasteiger partial charge in [0, 0.05) is 23.5 Å². The SMILES string of the molecule is Cc1c([C@@H]2[C@@H](CCN)C2(C)C)c2ccc3ccccc3c2n1C. The van der Waals surface area contributed by atoms with Gasteiger partial charge in [-0.3, -0.25) is 0 Å². The molecule has 1 fully saturated rings. The number of fused-ring (bicyclic) bond motifs is 3. The summed E-state index contributed by atoms with van der Waals surface area (Å²) in [5, 5.41) is 4.11. The number of hydrogen-bond acceptors (Lipinski definition) is 1. The van der Waals surface area contributed by atoms with Crippen LogP contribution in [-0.4, -0.2) is 11.1 Å². The fraction of sp³-hybridized carbons (Fsp3) is 0.429. The molecule has 1 saturated carbocycles. The van der Waals surface area contributed by atoms with Gasteiger partial charge in [-0.15, -0.1) is 0 Å². The molecule has 0 radical (unpaired) electrons. The van der Waals surface area contributed by atoms with Gasteiger partial charge in [-0.25, -0.2) is 0 Å². The third-order valence-corrected chi connectivity index (χ3v) is 6.26. The number of hydrogen-bond donors (Lipinski definition) is 1. The summed E-state index contributed by atoms with van der Waals surface area (Å²) in [5.74, 6) is 1.35. The van der Waals surface area contributed by atoms with Gasteiger partial charge in [-0.05, 0) is 48.1 Å². The number of aryl methyl sites for hydroxylation is 1. The van der Waals surface area contributed by atoms with Crippen LogP contribution in [0.3, 0.4) is 0 Å². The average Bonchev–Trinajstić information content (AvgIpc) is 2.96. The van der Waals surface area contributed by atoms with E-state index < -0.39 is 0 Å². The molecular formula is C21H26N2. The molecule has 23 heavy (non-hydrogen) atoms. The maximum Gasteiger partial charge on any atom is 0.0562 e. The van der Waals surface area contributed by atoms with E-state index in [9.17, 15) is 0 Å². The first-order chi connectivity index (χ1) is 11.0. The van der Waals surface area contributed by atoms with Crippen LogP contribution in [0.5, 0.6) is 0 Å². The molecule has 0 spiro atoms. The van der Waals surface area contributed by atoms with E-state index in [-0.39, 0.29) is 0 Å². The molecule has 0 amide bonds. The maximum absolute atomic E-state index is 5.86. The van der Waals surface area contributed by atoms with Gasteiger partial charge in [-0.2, -0.15) is 0 Å². The summed E-state index contributed by atoms with van der Waals surface area (Å²) in [5.41, 5.74) is 10.6. The van der Waals surface area contributed by atoms with E-state index >= 15 is 0 Å². The van der Waals surface area contributed by atoms with Crippen molar-refractivity contribution in [1.29, 1.82) is 0 Å². The van der Waals surface area contributed by atoms with Crippen LogP contribution in [0, 0.1) is 18.3 Å². The van der Waals surface area contributed by atoms with Gasteiger partial charge in [0.2, 0.25) is 0 Å². The van der Waals surface area contributed by atoms with Crippen LogP contribution in [0.25, 0.3) is 21.7 Å². The second-order valence-corrected chi connectivity index (χ2v) is 7.72. The number of rotatable bonds is 3. The first-order valence-corrected chi connectivity index (χ1v) is 8.65. The topological polar surface area (TPSA) is 30.9 Å². The van der Waals surface area contributed by atoms with Gasteiger partial charge >= 0.3 is 0 Å². The van der Waals surface area contributed by atoms with Gasteiger partial charge in [0.1, 0.15) is 0 Å². The lowest BCUT2D eigenvalue weighted by Gasteiger charge is -2.04. The van der Waals surface area contributed by atoms with Crippen molar-refractivity contribution in [3.8, 4) is 0 Å². The highest BCUT2D eigenvalue weighted by atomic mass is 15.0. The van der Waals surface area contributed by atoms with Gasteiger partial charge < -0.3 is 10.3 Å². The largest absolute Gasteiger partial charge is 0.347 e. The number of aromatic nitrogens is 1. The van der Waals surface area contributed by atoms with Crippen molar-refractivity contribution in [1.82, 2.24) is 4.57 Å². The van der Waals surface area contributed by atoms with E-state index in [4.69, 9.17) is 5.73 Å². The van der Waals surface area contributed by atoms with E-state index in [1.54, 1.807) is 5.56 Å². The number of benzene rings is 2. The van der Waals surface area contributed by atoms with Crippen molar-refractivity contribution < 1.29 is 0 Å². The molecule has 0 saturated heterocycles. The minimum atomic E-state index is 0.365. The van der Waals surface area contributed by atoms with E-state index in [1.165, 1.54) is 27.4 Å². The molecule has 4 rings (SSSR count). The molecule has 0 bridgehead atoms. The highest BCUT2D eigenvalue weighted by Crippen LogP contribution is 2.67. The van der Waals surface area contributed by atoms with E-state index in [1.807, 2.05) is 0 Å². The smallest absolute Gasteiger partial charge is 0.0562 e. The third-order valence-electron chi connectivity index (χ3n) is 6.26. The summed E-state index contributed by atoms with van der Waals surface area (Å²) < 4.78 is 2.39. The third kappa shape index (κ3) is 1.91. The van der Waals surface area contributed by atoms with Crippen LogP contribution in [-0.2, 0) is 7.05 Å². The Morgan fingerprint density at radius 2 is 1.83 bits per heavy atom. The lowest BCUT2D eigenvalue weighted by molar-refractivity contribution is 0.534. The Labute approximate surface area is 138 Å². The fourth-order valence-corrected chi connectivity index (χ4v) is 4.81. The molecule has 2 nitrogen and oxygen atoms in total. The van der Waals surface area contributed by atoms with Gasteiger partial charge in [-0.1, -0.05) is 50.2 Å². The van der Waals surface area contributed by atoms with Gasteiger partial charge in [0.05, 0.1) is 5.52 Å². The number of nitrogens with zero attached hydrogens (tertiary/aromatic N) is 1. The number of nitrogens with two attached hydrogens (primary N) is 1. The summed E-state index contributed by atoms with van der Waals surface area (Å²) in [6.45, 7) is 7.87. The molecule has 0 aliphatic heterocycles. The van der Waals surface area contributed by atoms with Gasteiger partial charge in [0.25, 0.3) is 0 Å². The zero-order chi connectivity index (χ0) is 16.4. The van der Waals surface area contributed by atoms with Crippen LogP contribution < -0.4 is 5.73 Å². The Bertz CT molecular complexity index is 901. The minimum Gasteiger partial charge on any atom is -0.347 e. The van der Waals surface area contributed by atoms with Crippen molar-refractivity contribution in [3.63, 3.8) is 0 Å². The zero-order valence-electron chi connectivity index (χ0n) is 14.6. The monoisotopic (exact) mass is 306 g/mol. The van der Waals surface area contributed by atoms with Gasteiger partial charge in [0.15, 0.2) is 0 Å². The van der Waals surface area contributed by atoms with Crippen LogP contribution in [0.4, 0.5) is 0 Å². The highest BCUT2D eigenvalue weighted by Gasteiger charge is 2.58. The maximum atomic E-state index is 5.86. The molecule has 2 N–H and O–H groups in total. The minimum absolute atomic E-state index is 0.365. The fourth-order valence-electron chi connectivity index (χ4n) is 4.81. The zero-order valence-corrected chi connectivity index (χ0v) is 14.6. The van der Waals surface area contributed by atoms with E-state index in [0.717, 1.165) is 13.0 Å². The highest BCUT2D eigenvalue weighted by molar-refractivity contribution is 6.07. The van der Waals surface area contributed by atoms with Crippen molar-refractivity contribution in [2.24, 2.45) is 24.1 Å². The quantitative estimate of drug-likeness (QED) is 0.745. The second kappa shape index (κ2) is 4.85. The first kappa shape index (κ1) is 14.8. The summed E-state index contributed by atoms with van der Waals surface area (Å²) in [7, 11) is 2.21. The predicted molar refractivity (Wildman–Crippen MR) is 98.8 cm³/mol. The predicted octanol–water partition coefficient (Wildman–Crippen LogP) is 4.73. The second-order valence-electron chi connectivity index (χ2n) is 7.72. The van der Waals surface area contributed by atoms with Crippen molar-refractivity contribution in [2.75, 3.05) is 6.54 Å². The molecule has 0 unspecified atom stereocenters. The summed E-state index contributed by atoms with van der Waals surface area (Å²) >= 11 is 0. The summed E-state index contributed by atoms with van der Waals surface area (Å²) in [6.07, 6.45) is 1.13. The van der Waals surface area contributed by atoms with Crippen molar-refractivity contribution in [2.45, 2.75) is 33.1 Å². The lowest BCUT2D eigenvalue weighted by atomic mass is 9.98. The molecule has 1 aromatic heterocycles. The molecule has 1 aliphatic rings. The van der Waals surface area contributed by atoms with Crippen LogP contribution in [0.2, 0.25) is 0 Å². The normalized spacial score (nSPS) is 22.8. The van der Waals surface area contributed by atoms with Crippen LogP contribution >= 0.6 is 0 Å². The molecule has 1 heterocycles. The Morgan fingerprint density at radius 1 is 1.09 bits per heavy atom. The molecule has 3 aromatic rings.